The summed E-state index contributed by atoms with van der Waals surface area (Å²) >= 11 is 0. The van der Waals surface area contributed by atoms with Crippen molar-refractivity contribution in [1.82, 2.24) is 5.32 Å². The van der Waals surface area contributed by atoms with Crippen LogP contribution in [-0.4, -0.2) is 31.6 Å². The van der Waals surface area contributed by atoms with E-state index in [-0.39, 0.29) is 18.2 Å². The average molecular weight is 296 g/mol. The van der Waals surface area contributed by atoms with Crippen LogP contribution in [0.25, 0.3) is 0 Å². The largest absolute Gasteiger partial charge is 0.493 e. The number of rotatable bonds is 8. The van der Waals surface area contributed by atoms with Crippen molar-refractivity contribution in [2.75, 3.05) is 20.8 Å². The molecule has 21 heavy (non-hydrogen) atoms. The van der Waals surface area contributed by atoms with E-state index in [9.17, 15) is 14.9 Å². The molecule has 0 spiro atoms. The fraction of sp³-hybridized carbons (Fsp3) is 0.500. The number of hydrogen-bond acceptors (Lipinski definition) is 5. The third-order valence-electron chi connectivity index (χ3n) is 3.03. The summed E-state index contributed by atoms with van der Waals surface area (Å²) in [7, 11) is 3.05. The molecule has 0 heterocycles. The molecular formula is C14H20N2O5. The van der Waals surface area contributed by atoms with E-state index in [1.165, 1.54) is 13.2 Å². The molecule has 7 nitrogen and oxygen atoms in total. The Morgan fingerprint density at radius 1 is 1.38 bits per heavy atom. The first-order chi connectivity index (χ1) is 10.0. The smallest absolute Gasteiger partial charge is 0.276 e. The zero-order chi connectivity index (χ0) is 15.8. The standard InChI is InChI=1S/C14H20N2O5/c1-4-10-8-12(20-3)13(9-11(10)16(18)19)21-7-5-6-14(17)15-2/h8-9H,4-7H2,1-3H3,(H,15,17). The summed E-state index contributed by atoms with van der Waals surface area (Å²) in [6, 6.07) is 2.99. The number of carbonyl (C=O) groups excluding carboxylic acids is 1. The molecule has 0 aliphatic heterocycles. The lowest BCUT2D eigenvalue weighted by atomic mass is 10.1. The lowest BCUT2D eigenvalue weighted by Crippen LogP contribution is -2.18. The Labute approximate surface area is 123 Å². The first-order valence-electron chi connectivity index (χ1n) is 6.72. The molecule has 1 aromatic rings. The van der Waals surface area contributed by atoms with Gasteiger partial charge in [0.15, 0.2) is 11.5 Å². The molecule has 0 atom stereocenters. The number of ether oxygens (including phenoxy) is 2. The van der Waals surface area contributed by atoms with Crippen LogP contribution in [0.5, 0.6) is 11.5 Å². The van der Waals surface area contributed by atoms with Crippen LogP contribution in [0.2, 0.25) is 0 Å². The van der Waals surface area contributed by atoms with E-state index in [0.29, 0.717) is 36.3 Å². The van der Waals surface area contributed by atoms with Gasteiger partial charge in [0.25, 0.3) is 5.69 Å². The van der Waals surface area contributed by atoms with Crippen LogP contribution in [-0.2, 0) is 11.2 Å². The van der Waals surface area contributed by atoms with Gasteiger partial charge in [-0.3, -0.25) is 14.9 Å². The highest BCUT2D eigenvalue weighted by molar-refractivity contribution is 5.75. The quantitative estimate of drug-likeness (QED) is 0.450. The number of benzene rings is 1. The molecule has 0 fully saturated rings. The molecule has 0 radical (unpaired) electrons. The monoisotopic (exact) mass is 296 g/mol. The summed E-state index contributed by atoms with van der Waals surface area (Å²) < 4.78 is 10.7. The van der Waals surface area contributed by atoms with Gasteiger partial charge in [-0.1, -0.05) is 6.92 Å². The van der Waals surface area contributed by atoms with Crippen molar-refractivity contribution < 1.29 is 19.2 Å². The Bertz CT molecular complexity index is 516. The van der Waals surface area contributed by atoms with Crippen molar-refractivity contribution >= 4 is 11.6 Å². The molecule has 0 bridgehead atoms. The molecule has 0 unspecified atom stereocenters. The normalized spacial score (nSPS) is 10.0. The number of nitro groups is 1. The second-order valence-electron chi connectivity index (χ2n) is 4.37. The summed E-state index contributed by atoms with van der Waals surface area (Å²) in [5.41, 5.74) is 0.606. The van der Waals surface area contributed by atoms with Crippen molar-refractivity contribution in [1.29, 1.82) is 0 Å². The highest BCUT2D eigenvalue weighted by atomic mass is 16.6. The highest BCUT2D eigenvalue weighted by Gasteiger charge is 2.18. The maximum Gasteiger partial charge on any atom is 0.276 e. The number of carbonyl (C=O) groups is 1. The van der Waals surface area contributed by atoms with Gasteiger partial charge in [-0.25, -0.2) is 0 Å². The second-order valence-corrected chi connectivity index (χ2v) is 4.37. The van der Waals surface area contributed by atoms with Gasteiger partial charge in [0.2, 0.25) is 5.91 Å². The van der Waals surface area contributed by atoms with E-state index < -0.39 is 4.92 Å². The average Bonchev–Trinajstić information content (AvgIpc) is 2.50. The molecule has 0 aromatic heterocycles. The minimum absolute atomic E-state index is 0.0135. The van der Waals surface area contributed by atoms with Gasteiger partial charge in [-0.2, -0.15) is 0 Å². The highest BCUT2D eigenvalue weighted by Crippen LogP contribution is 2.35. The van der Waals surface area contributed by atoms with Gasteiger partial charge in [-0.05, 0) is 18.9 Å². The number of nitro benzene ring substituents is 1. The predicted molar refractivity (Wildman–Crippen MR) is 77.8 cm³/mol. The van der Waals surface area contributed by atoms with Gasteiger partial charge in [0.05, 0.1) is 24.7 Å². The molecular weight excluding hydrogens is 276 g/mol. The number of aryl methyl sites for hydroxylation is 1. The predicted octanol–water partition coefficient (Wildman–Crippen LogP) is 2.07. The van der Waals surface area contributed by atoms with Crippen LogP contribution in [0.3, 0.4) is 0 Å². The Balaban J connectivity index is 2.82. The summed E-state index contributed by atoms with van der Waals surface area (Å²) in [5.74, 6) is 0.702. The molecule has 0 aliphatic rings. The van der Waals surface area contributed by atoms with Crippen LogP contribution in [0.15, 0.2) is 12.1 Å². The van der Waals surface area contributed by atoms with Gasteiger partial charge < -0.3 is 14.8 Å². The van der Waals surface area contributed by atoms with Crippen LogP contribution in [0.1, 0.15) is 25.3 Å². The topological polar surface area (TPSA) is 90.7 Å². The Morgan fingerprint density at radius 2 is 2.10 bits per heavy atom. The first-order valence-corrected chi connectivity index (χ1v) is 6.72. The van der Waals surface area contributed by atoms with Crippen molar-refractivity contribution in [3.63, 3.8) is 0 Å². The molecule has 1 rings (SSSR count). The maximum atomic E-state index is 11.1. The molecule has 1 N–H and O–H groups in total. The van der Waals surface area contributed by atoms with E-state index in [2.05, 4.69) is 5.32 Å². The van der Waals surface area contributed by atoms with E-state index in [4.69, 9.17) is 9.47 Å². The summed E-state index contributed by atoms with van der Waals surface area (Å²) in [5, 5.41) is 13.6. The van der Waals surface area contributed by atoms with Gasteiger partial charge >= 0.3 is 0 Å². The molecule has 1 amide bonds. The zero-order valence-electron chi connectivity index (χ0n) is 12.5. The fourth-order valence-electron chi connectivity index (χ4n) is 1.86. The van der Waals surface area contributed by atoms with E-state index in [0.717, 1.165) is 0 Å². The molecule has 0 aliphatic carbocycles. The Kier molecular flexibility index (Phi) is 6.45. The number of methoxy groups -OCH3 is 1. The van der Waals surface area contributed by atoms with Crippen LogP contribution >= 0.6 is 0 Å². The molecule has 7 heteroatoms. The molecule has 116 valence electrons. The second kappa shape index (κ2) is 8.08. The summed E-state index contributed by atoms with van der Waals surface area (Å²) in [6.45, 7) is 2.12. The lowest BCUT2D eigenvalue weighted by Gasteiger charge is -2.12. The molecule has 1 aromatic carbocycles. The van der Waals surface area contributed by atoms with Gasteiger partial charge in [0.1, 0.15) is 0 Å². The summed E-state index contributed by atoms with van der Waals surface area (Å²) in [6.07, 6.45) is 1.39. The molecule has 0 saturated carbocycles. The Morgan fingerprint density at radius 3 is 2.62 bits per heavy atom. The fourth-order valence-corrected chi connectivity index (χ4v) is 1.86. The first kappa shape index (κ1) is 16.7. The van der Waals surface area contributed by atoms with E-state index in [1.807, 2.05) is 6.92 Å². The number of hydrogen-bond donors (Lipinski definition) is 1. The minimum atomic E-state index is -0.435. The number of nitrogens with one attached hydrogen (secondary N) is 1. The van der Waals surface area contributed by atoms with Crippen LogP contribution in [0, 0.1) is 10.1 Å². The SMILES string of the molecule is CCc1cc(OC)c(OCCCC(=O)NC)cc1[N+](=O)[O-]. The van der Waals surface area contributed by atoms with Crippen LogP contribution in [0.4, 0.5) is 5.69 Å². The zero-order valence-corrected chi connectivity index (χ0v) is 12.5. The number of amides is 1. The lowest BCUT2D eigenvalue weighted by molar-refractivity contribution is -0.385. The van der Waals surface area contributed by atoms with E-state index in [1.54, 1.807) is 13.1 Å². The third kappa shape index (κ3) is 4.62. The van der Waals surface area contributed by atoms with Crippen molar-refractivity contribution in [3.05, 3.63) is 27.8 Å². The van der Waals surface area contributed by atoms with Gasteiger partial charge in [-0.15, -0.1) is 0 Å². The van der Waals surface area contributed by atoms with E-state index >= 15 is 0 Å². The van der Waals surface area contributed by atoms with Gasteiger partial charge in [0, 0.05) is 19.0 Å². The van der Waals surface area contributed by atoms with Crippen LogP contribution < -0.4 is 14.8 Å². The maximum absolute atomic E-state index is 11.1. The van der Waals surface area contributed by atoms with Crippen molar-refractivity contribution in [2.45, 2.75) is 26.2 Å². The van der Waals surface area contributed by atoms with Crippen molar-refractivity contribution in [3.8, 4) is 11.5 Å². The van der Waals surface area contributed by atoms with Crippen molar-refractivity contribution in [2.24, 2.45) is 0 Å². The number of nitrogens with zero attached hydrogens (tertiary/aromatic N) is 1. The third-order valence-corrected chi connectivity index (χ3v) is 3.03. The minimum Gasteiger partial charge on any atom is -0.493 e. The Hall–Kier alpha value is -2.31. The summed E-state index contributed by atoms with van der Waals surface area (Å²) in [4.78, 5) is 21.7. The molecule has 0 saturated heterocycles.